The number of fused-ring (bicyclic) bond motifs is 1. The second-order valence-electron chi connectivity index (χ2n) is 5.50. The lowest BCUT2D eigenvalue weighted by atomic mass is 10.1. The molecule has 0 aliphatic carbocycles. The van der Waals surface area contributed by atoms with Gasteiger partial charge in [-0.2, -0.15) is 0 Å². The van der Waals surface area contributed by atoms with E-state index in [1.165, 1.54) is 4.90 Å². The molecular formula is C17H18BrN3O2. The zero-order valence-electron chi connectivity index (χ0n) is 13.1. The van der Waals surface area contributed by atoms with Crippen molar-refractivity contribution in [2.24, 2.45) is 0 Å². The molecule has 0 unspecified atom stereocenters. The first-order chi connectivity index (χ1) is 10.6. The Hall–Kier alpha value is -2.21. The fourth-order valence-electron chi connectivity index (χ4n) is 2.55. The Balaban J connectivity index is 0.00000192. The third-order valence-electron chi connectivity index (χ3n) is 3.85. The molecule has 23 heavy (non-hydrogen) atoms. The van der Waals surface area contributed by atoms with Gasteiger partial charge in [-0.3, -0.25) is 14.5 Å². The van der Waals surface area contributed by atoms with Gasteiger partial charge < -0.3 is 21.9 Å². The van der Waals surface area contributed by atoms with Gasteiger partial charge in [-0.05, 0) is 12.1 Å². The predicted molar refractivity (Wildman–Crippen MR) is 82.8 cm³/mol. The highest BCUT2D eigenvalue weighted by Gasteiger charge is 2.35. The Kier molecular flexibility index (Phi) is 5.15. The van der Waals surface area contributed by atoms with Crippen LogP contribution in [0.3, 0.4) is 0 Å². The lowest BCUT2D eigenvalue weighted by Gasteiger charge is -2.12. The average Bonchev–Trinajstić information content (AvgIpc) is 2.78. The zero-order chi connectivity index (χ0) is 15.7. The number of pyridine rings is 1. The van der Waals surface area contributed by atoms with Crippen molar-refractivity contribution in [2.75, 3.05) is 25.5 Å². The Bertz CT molecular complexity index is 694. The molecule has 0 N–H and O–H groups in total. The minimum Gasteiger partial charge on any atom is -1.00 e. The van der Waals surface area contributed by atoms with Crippen LogP contribution >= 0.6 is 0 Å². The molecular weight excluding hydrogens is 358 g/mol. The summed E-state index contributed by atoms with van der Waals surface area (Å²) in [6.45, 7) is 0.956. The summed E-state index contributed by atoms with van der Waals surface area (Å²) < 4.78 is 1.97. The first-order valence-electron chi connectivity index (χ1n) is 7.19. The summed E-state index contributed by atoms with van der Waals surface area (Å²) in [6.07, 6.45) is 3.90. The third-order valence-corrected chi connectivity index (χ3v) is 3.85. The van der Waals surface area contributed by atoms with Crippen molar-refractivity contribution in [2.45, 2.75) is 6.54 Å². The van der Waals surface area contributed by atoms with Gasteiger partial charge in [0.2, 0.25) is 0 Å². The molecule has 5 nitrogen and oxygen atoms in total. The van der Waals surface area contributed by atoms with E-state index in [1.54, 1.807) is 24.3 Å². The Morgan fingerprint density at radius 1 is 0.957 bits per heavy atom. The van der Waals surface area contributed by atoms with Crippen LogP contribution in [0.4, 0.5) is 5.69 Å². The summed E-state index contributed by atoms with van der Waals surface area (Å²) in [5.74, 6) is -0.405. The first-order valence-corrected chi connectivity index (χ1v) is 7.19. The molecule has 2 heterocycles. The molecule has 6 heteroatoms. The fraction of sp³-hybridized carbons (Fsp3) is 0.235. The van der Waals surface area contributed by atoms with Gasteiger partial charge in [-0.25, -0.2) is 4.57 Å². The number of amides is 2. The molecule has 1 aromatic heterocycles. The maximum absolute atomic E-state index is 12.3. The summed E-state index contributed by atoms with van der Waals surface area (Å²) in [7, 11) is 3.97. The number of aromatic nitrogens is 1. The predicted octanol–water partition coefficient (Wildman–Crippen LogP) is -1.66. The van der Waals surface area contributed by atoms with Crippen LogP contribution in [0.25, 0.3) is 0 Å². The van der Waals surface area contributed by atoms with E-state index < -0.39 is 0 Å². The van der Waals surface area contributed by atoms with E-state index in [0.717, 1.165) is 5.69 Å². The average molecular weight is 376 g/mol. The minimum absolute atomic E-state index is 0. The number of hydrogen-bond donors (Lipinski definition) is 0. The fourth-order valence-corrected chi connectivity index (χ4v) is 2.55. The number of imide groups is 1. The number of carbonyl (C=O) groups excluding carboxylic acids is 2. The quantitative estimate of drug-likeness (QED) is 0.474. The second-order valence-corrected chi connectivity index (χ2v) is 5.50. The van der Waals surface area contributed by atoms with Crippen LogP contribution in [0.5, 0.6) is 0 Å². The van der Waals surface area contributed by atoms with Gasteiger partial charge in [0.15, 0.2) is 18.9 Å². The van der Waals surface area contributed by atoms with Crippen LogP contribution in [-0.2, 0) is 6.54 Å². The van der Waals surface area contributed by atoms with Gasteiger partial charge >= 0.3 is 0 Å². The Morgan fingerprint density at radius 2 is 1.48 bits per heavy atom. The standard InChI is InChI=1S/C17H18N3O2.BrH/c1-18(2)13-7-9-19(10-8-13)11-12-20-16(21)14-5-3-4-6-15(14)17(20)22;/h3-10H,11-12H2,1-2H3;1H/q+1;/p-1. The highest BCUT2D eigenvalue weighted by atomic mass is 79.9. The lowest BCUT2D eigenvalue weighted by Crippen LogP contribution is -3.00. The second kappa shape index (κ2) is 6.91. The van der Waals surface area contributed by atoms with Crippen molar-refractivity contribution in [3.05, 3.63) is 59.9 Å². The highest BCUT2D eigenvalue weighted by molar-refractivity contribution is 6.21. The molecule has 0 saturated heterocycles. The summed E-state index contributed by atoms with van der Waals surface area (Å²) in [5, 5.41) is 0. The molecule has 3 rings (SSSR count). The Labute approximate surface area is 145 Å². The normalized spacial score (nSPS) is 12.9. The molecule has 120 valence electrons. The Morgan fingerprint density at radius 3 is 1.96 bits per heavy atom. The van der Waals surface area contributed by atoms with Crippen molar-refractivity contribution < 1.29 is 31.1 Å². The molecule has 0 spiro atoms. The van der Waals surface area contributed by atoms with E-state index >= 15 is 0 Å². The lowest BCUT2D eigenvalue weighted by molar-refractivity contribution is -0.695. The van der Waals surface area contributed by atoms with E-state index in [1.807, 2.05) is 48.1 Å². The zero-order valence-corrected chi connectivity index (χ0v) is 14.7. The van der Waals surface area contributed by atoms with Crippen molar-refractivity contribution in [3.8, 4) is 0 Å². The number of hydrogen-bond acceptors (Lipinski definition) is 3. The van der Waals surface area contributed by atoms with Crippen LogP contribution in [0, 0.1) is 0 Å². The van der Waals surface area contributed by atoms with Gasteiger partial charge in [-0.15, -0.1) is 0 Å². The summed E-state index contributed by atoms with van der Waals surface area (Å²) >= 11 is 0. The SMILES string of the molecule is CN(C)c1cc[n+](CCN2C(=O)c3ccccc3C2=O)cc1.[Br-]. The van der Waals surface area contributed by atoms with Gasteiger partial charge in [0, 0.05) is 31.9 Å². The number of benzene rings is 1. The molecule has 1 aromatic carbocycles. The third kappa shape index (κ3) is 3.27. The van der Waals surface area contributed by atoms with Crippen molar-refractivity contribution in [3.63, 3.8) is 0 Å². The van der Waals surface area contributed by atoms with E-state index in [-0.39, 0.29) is 28.8 Å². The minimum atomic E-state index is -0.203. The molecule has 0 radical (unpaired) electrons. The summed E-state index contributed by atoms with van der Waals surface area (Å²) in [4.78, 5) is 27.9. The molecule has 0 atom stereocenters. The van der Waals surface area contributed by atoms with E-state index in [2.05, 4.69) is 0 Å². The largest absolute Gasteiger partial charge is 1.00 e. The molecule has 0 bridgehead atoms. The van der Waals surface area contributed by atoms with Crippen molar-refractivity contribution >= 4 is 17.5 Å². The maximum atomic E-state index is 12.3. The molecule has 0 saturated carbocycles. The van der Waals surface area contributed by atoms with E-state index in [0.29, 0.717) is 24.2 Å². The van der Waals surface area contributed by atoms with Crippen molar-refractivity contribution in [1.29, 1.82) is 0 Å². The molecule has 1 aliphatic heterocycles. The van der Waals surface area contributed by atoms with E-state index in [9.17, 15) is 9.59 Å². The van der Waals surface area contributed by atoms with Crippen molar-refractivity contribution in [1.82, 2.24) is 4.90 Å². The molecule has 2 amide bonds. The topological polar surface area (TPSA) is 44.5 Å². The molecule has 0 fully saturated rings. The molecule has 2 aromatic rings. The monoisotopic (exact) mass is 375 g/mol. The highest BCUT2D eigenvalue weighted by Crippen LogP contribution is 2.21. The smallest absolute Gasteiger partial charge is 0.261 e. The van der Waals surface area contributed by atoms with Crippen LogP contribution in [-0.4, -0.2) is 37.4 Å². The van der Waals surface area contributed by atoms with Gasteiger partial charge in [-0.1, -0.05) is 12.1 Å². The summed E-state index contributed by atoms with van der Waals surface area (Å²) in [6, 6.07) is 11.0. The van der Waals surface area contributed by atoms with Gasteiger partial charge in [0.25, 0.3) is 11.8 Å². The number of carbonyl (C=O) groups is 2. The number of halogens is 1. The van der Waals surface area contributed by atoms with E-state index in [4.69, 9.17) is 0 Å². The number of rotatable bonds is 4. The summed E-state index contributed by atoms with van der Waals surface area (Å²) in [5.41, 5.74) is 2.11. The van der Waals surface area contributed by atoms with Crippen LogP contribution in [0.15, 0.2) is 48.8 Å². The number of anilines is 1. The van der Waals surface area contributed by atoms with Gasteiger partial charge in [0.1, 0.15) is 0 Å². The first kappa shape index (κ1) is 17.1. The number of nitrogens with zero attached hydrogens (tertiary/aromatic N) is 3. The van der Waals surface area contributed by atoms with Crippen LogP contribution in [0.1, 0.15) is 20.7 Å². The maximum Gasteiger partial charge on any atom is 0.261 e. The molecule has 1 aliphatic rings. The van der Waals surface area contributed by atoms with Crippen LogP contribution < -0.4 is 26.4 Å². The van der Waals surface area contributed by atoms with Crippen LogP contribution in [0.2, 0.25) is 0 Å². The van der Waals surface area contributed by atoms with Gasteiger partial charge in [0.05, 0.1) is 17.7 Å².